The highest BCUT2D eigenvalue weighted by molar-refractivity contribution is 5.15. The minimum atomic E-state index is 0.453. The van der Waals surface area contributed by atoms with Gasteiger partial charge in [0.05, 0.1) is 0 Å². The van der Waals surface area contributed by atoms with E-state index in [-0.39, 0.29) is 0 Å². The Labute approximate surface area is 63.3 Å². The Hall–Kier alpha value is -0.300. The maximum atomic E-state index is 5.54. The van der Waals surface area contributed by atoms with Crippen molar-refractivity contribution in [1.29, 1.82) is 0 Å². The van der Waals surface area contributed by atoms with Crippen LogP contribution in [0.15, 0.2) is 12.2 Å². The second-order valence-corrected chi connectivity index (χ2v) is 3.30. The van der Waals surface area contributed by atoms with Crippen LogP contribution < -0.4 is 5.73 Å². The summed E-state index contributed by atoms with van der Waals surface area (Å²) >= 11 is 0. The maximum absolute atomic E-state index is 5.54. The molecule has 0 saturated heterocycles. The summed E-state index contributed by atoms with van der Waals surface area (Å²) in [5, 5.41) is 0. The molecule has 0 amide bonds. The SMILES string of the molecule is C=C(CN)C1(CC)CCC1. The average Bonchev–Trinajstić information content (AvgIpc) is 1.86. The van der Waals surface area contributed by atoms with Crippen molar-refractivity contribution in [3.63, 3.8) is 0 Å². The van der Waals surface area contributed by atoms with Gasteiger partial charge in [-0.2, -0.15) is 0 Å². The van der Waals surface area contributed by atoms with Gasteiger partial charge in [0, 0.05) is 6.54 Å². The largest absolute Gasteiger partial charge is 0.327 e. The smallest absolute Gasteiger partial charge is 0.0139 e. The van der Waals surface area contributed by atoms with Crippen molar-refractivity contribution in [2.45, 2.75) is 32.6 Å². The molecular formula is C9H17N. The molecule has 1 saturated carbocycles. The summed E-state index contributed by atoms with van der Waals surface area (Å²) in [6.45, 7) is 6.92. The Kier molecular flexibility index (Phi) is 2.14. The van der Waals surface area contributed by atoms with E-state index in [1.54, 1.807) is 0 Å². The molecule has 1 nitrogen and oxygen atoms in total. The summed E-state index contributed by atoms with van der Waals surface area (Å²) < 4.78 is 0. The Bertz CT molecular complexity index is 128. The van der Waals surface area contributed by atoms with Crippen molar-refractivity contribution in [1.82, 2.24) is 0 Å². The molecule has 0 spiro atoms. The summed E-state index contributed by atoms with van der Waals surface area (Å²) in [6.07, 6.45) is 5.23. The zero-order valence-electron chi connectivity index (χ0n) is 6.82. The lowest BCUT2D eigenvalue weighted by Crippen LogP contribution is -2.33. The van der Waals surface area contributed by atoms with Crippen LogP contribution in [0.3, 0.4) is 0 Å². The first-order chi connectivity index (χ1) is 4.75. The number of hydrogen-bond acceptors (Lipinski definition) is 1. The third kappa shape index (κ3) is 0.988. The third-order valence-electron chi connectivity index (χ3n) is 2.98. The van der Waals surface area contributed by atoms with Gasteiger partial charge < -0.3 is 5.73 Å². The molecule has 0 aromatic carbocycles. The van der Waals surface area contributed by atoms with Crippen LogP contribution in [0.2, 0.25) is 0 Å². The molecule has 1 rings (SSSR count). The molecule has 0 aliphatic heterocycles. The molecule has 1 aliphatic rings. The number of nitrogens with two attached hydrogens (primary N) is 1. The molecule has 0 aromatic heterocycles. The van der Waals surface area contributed by atoms with Crippen LogP contribution in [-0.4, -0.2) is 6.54 Å². The van der Waals surface area contributed by atoms with Crippen LogP contribution in [0.5, 0.6) is 0 Å². The number of hydrogen-bond donors (Lipinski definition) is 1. The summed E-state index contributed by atoms with van der Waals surface area (Å²) in [7, 11) is 0. The Morgan fingerprint density at radius 1 is 1.60 bits per heavy atom. The van der Waals surface area contributed by atoms with Crippen LogP contribution >= 0.6 is 0 Å². The van der Waals surface area contributed by atoms with Crippen molar-refractivity contribution < 1.29 is 0 Å². The first-order valence-electron chi connectivity index (χ1n) is 4.13. The minimum absolute atomic E-state index is 0.453. The minimum Gasteiger partial charge on any atom is -0.327 e. The van der Waals surface area contributed by atoms with E-state index >= 15 is 0 Å². The molecule has 2 N–H and O–H groups in total. The Morgan fingerprint density at radius 2 is 2.20 bits per heavy atom. The van der Waals surface area contributed by atoms with Gasteiger partial charge in [-0.1, -0.05) is 25.5 Å². The highest BCUT2D eigenvalue weighted by atomic mass is 14.6. The lowest BCUT2D eigenvalue weighted by molar-refractivity contribution is 0.177. The van der Waals surface area contributed by atoms with E-state index in [1.165, 1.54) is 31.3 Å². The summed E-state index contributed by atoms with van der Waals surface area (Å²) in [5.41, 5.74) is 7.26. The van der Waals surface area contributed by atoms with Crippen molar-refractivity contribution in [2.75, 3.05) is 6.54 Å². The van der Waals surface area contributed by atoms with Gasteiger partial charge in [0.25, 0.3) is 0 Å². The van der Waals surface area contributed by atoms with E-state index in [0.717, 1.165) is 0 Å². The topological polar surface area (TPSA) is 26.0 Å². The van der Waals surface area contributed by atoms with Gasteiger partial charge in [0.15, 0.2) is 0 Å². The molecular weight excluding hydrogens is 122 g/mol. The van der Waals surface area contributed by atoms with Gasteiger partial charge >= 0.3 is 0 Å². The van der Waals surface area contributed by atoms with E-state index in [9.17, 15) is 0 Å². The van der Waals surface area contributed by atoms with Crippen molar-refractivity contribution in [2.24, 2.45) is 11.1 Å². The van der Waals surface area contributed by atoms with Crippen LogP contribution in [-0.2, 0) is 0 Å². The van der Waals surface area contributed by atoms with E-state index in [1.807, 2.05) is 0 Å². The molecule has 0 unspecified atom stereocenters. The molecule has 1 fully saturated rings. The highest BCUT2D eigenvalue weighted by Gasteiger charge is 2.36. The third-order valence-corrected chi connectivity index (χ3v) is 2.98. The highest BCUT2D eigenvalue weighted by Crippen LogP contribution is 2.48. The molecule has 10 heavy (non-hydrogen) atoms. The molecule has 0 bridgehead atoms. The van der Waals surface area contributed by atoms with Gasteiger partial charge in [-0.05, 0) is 24.7 Å². The Balaban J connectivity index is 2.55. The molecule has 58 valence electrons. The molecule has 0 radical (unpaired) electrons. The van der Waals surface area contributed by atoms with E-state index in [4.69, 9.17) is 5.73 Å². The zero-order chi connectivity index (χ0) is 7.61. The molecule has 1 aliphatic carbocycles. The average molecular weight is 139 g/mol. The second-order valence-electron chi connectivity index (χ2n) is 3.30. The van der Waals surface area contributed by atoms with E-state index < -0.39 is 0 Å². The standard InChI is InChI=1S/C9H17N/c1-3-9(5-4-6-9)8(2)7-10/h2-7,10H2,1H3. The normalized spacial score (nSPS) is 21.8. The van der Waals surface area contributed by atoms with Crippen LogP contribution in [0.1, 0.15) is 32.6 Å². The lowest BCUT2D eigenvalue weighted by Gasteiger charge is -2.42. The van der Waals surface area contributed by atoms with Crippen molar-refractivity contribution in [3.05, 3.63) is 12.2 Å². The Morgan fingerprint density at radius 3 is 2.30 bits per heavy atom. The van der Waals surface area contributed by atoms with Gasteiger partial charge in [-0.3, -0.25) is 0 Å². The van der Waals surface area contributed by atoms with Gasteiger partial charge in [-0.25, -0.2) is 0 Å². The molecule has 1 heteroatoms. The summed E-state index contributed by atoms with van der Waals surface area (Å²) in [4.78, 5) is 0. The van der Waals surface area contributed by atoms with Gasteiger partial charge in [-0.15, -0.1) is 0 Å². The second kappa shape index (κ2) is 2.75. The molecule has 0 atom stereocenters. The summed E-state index contributed by atoms with van der Waals surface area (Å²) in [6, 6.07) is 0. The van der Waals surface area contributed by atoms with Gasteiger partial charge in [0.1, 0.15) is 0 Å². The number of rotatable bonds is 3. The lowest BCUT2D eigenvalue weighted by atomic mass is 9.63. The van der Waals surface area contributed by atoms with Crippen molar-refractivity contribution in [3.8, 4) is 0 Å². The fourth-order valence-electron chi connectivity index (χ4n) is 1.78. The van der Waals surface area contributed by atoms with E-state index in [0.29, 0.717) is 12.0 Å². The first kappa shape index (κ1) is 7.80. The molecule has 0 heterocycles. The maximum Gasteiger partial charge on any atom is 0.0139 e. The van der Waals surface area contributed by atoms with Crippen LogP contribution in [0, 0.1) is 5.41 Å². The predicted molar refractivity (Wildman–Crippen MR) is 44.8 cm³/mol. The quantitative estimate of drug-likeness (QED) is 0.595. The van der Waals surface area contributed by atoms with Gasteiger partial charge in [0.2, 0.25) is 0 Å². The van der Waals surface area contributed by atoms with Crippen molar-refractivity contribution >= 4 is 0 Å². The first-order valence-corrected chi connectivity index (χ1v) is 4.13. The fraction of sp³-hybridized carbons (Fsp3) is 0.778. The van der Waals surface area contributed by atoms with Crippen LogP contribution in [0.25, 0.3) is 0 Å². The predicted octanol–water partition coefficient (Wildman–Crippen LogP) is 2.08. The van der Waals surface area contributed by atoms with Crippen LogP contribution in [0.4, 0.5) is 0 Å². The zero-order valence-corrected chi connectivity index (χ0v) is 6.82. The monoisotopic (exact) mass is 139 g/mol. The molecule has 0 aromatic rings. The van der Waals surface area contributed by atoms with E-state index in [2.05, 4.69) is 13.5 Å². The summed E-state index contributed by atoms with van der Waals surface area (Å²) in [5.74, 6) is 0. The fourth-order valence-corrected chi connectivity index (χ4v) is 1.78.